The molecule has 2 N–H and O–H groups in total. The lowest BCUT2D eigenvalue weighted by atomic mass is 9.96. The number of hydrogen-bond donors (Lipinski definition) is 1. The van der Waals surface area contributed by atoms with E-state index in [4.69, 9.17) is 26.4 Å². The first-order valence-corrected chi connectivity index (χ1v) is 6.91. The summed E-state index contributed by atoms with van der Waals surface area (Å²) in [6.07, 6.45) is 7.74. The van der Waals surface area contributed by atoms with Crippen molar-refractivity contribution < 1.29 is 14.2 Å². The highest BCUT2D eigenvalue weighted by Gasteiger charge is 2.22. The van der Waals surface area contributed by atoms with Gasteiger partial charge in [-0.25, -0.2) is 0 Å². The minimum Gasteiger partial charge on any atom is -0.373 e. The van der Waals surface area contributed by atoms with E-state index in [1.54, 1.807) is 0 Å². The van der Waals surface area contributed by atoms with E-state index in [2.05, 4.69) is 13.8 Å². The Bertz CT molecular complexity index is 274. The van der Waals surface area contributed by atoms with E-state index in [1.807, 2.05) is 20.8 Å². The second kappa shape index (κ2) is 9.38. The van der Waals surface area contributed by atoms with Gasteiger partial charge in [-0.3, -0.25) is 0 Å². The third-order valence-corrected chi connectivity index (χ3v) is 2.79. The standard InChI is InChI=1S/C14H28BNO3/c1-5-9-17-11-12-18-13(2,3)7-10-19-14(4,16)6-8-15/h1H,6-12,15-16H2,2-4H3. The Morgan fingerprint density at radius 3 is 2.37 bits per heavy atom. The molecule has 0 fully saturated rings. The maximum atomic E-state index is 6.01. The largest absolute Gasteiger partial charge is 0.373 e. The fourth-order valence-corrected chi connectivity index (χ4v) is 1.68. The van der Waals surface area contributed by atoms with Crippen molar-refractivity contribution in [2.75, 3.05) is 26.4 Å². The summed E-state index contributed by atoms with van der Waals surface area (Å²) in [4.78, 5) is 0. The van der Waals surface area contributed by atoms with E-state index in [9.17, 15) is 0 Å². The van der Waals surface area contributed by atoms with Crippen molar-refractivity contribution in [2.45, 2.75) is 51.3 Å². The Labute approximate surface area is 118 Å². The molecular formula is C14H28BNO3. The number of terminal acetylenes is 1. The number of nitrogens with two attached hydrogens (primary N) is 1. The maximum absolute atomic E-state index is 6.01. The lowest BCUT2D eigenvalue weighted by molar-refractivity contribution is -0.0855. The predicted molar refractivity (Wildman–Crippen MR) is 80.8 cm³/mol. The third kappa shape index (κ3) is 11.0. The van der Waals surface area contributed by atoms with E-state index in [0.29, 0.717) is 26.4 Å². The molecule has 5 heteroatoms. The lowest BCUT2D eigenvalue weighted by Crippen LogP contribution is -2.40. The second-order valence-electron chi connectivity index (χ2n) is 5.53. The maximum Gasteiger partial charge on any atom is 0.113 e. The van der Waals surface area contributed by atoms with Gasteiger partial charge in [-0.2, -0.15) is 0 Å². The van der Waals surface area contributed by atoms with Crippen LogP contribution in [0.4, 0.5) is 0 Å². The van der Waals surface area contributed by atoms with Gasteiger partial charge in [-0.15, -0.1) is 6.42 Å². The Morgan fingerprint density at radius 2 is 1.79 bits per heavy atom. The summed E-state index contributed by atoms with van der Waals surface area (Å²) in [6.45, 7) is 7.94. The van der Waals surface area contributed by atoms with E-state index in [0.717, 1.165) is 19.2 Å². The monoisotopic (exact) mass is 269 g/mol. The first-order valence-electron chi connectivity index (χ1n) is 6.91. The molecule has 1 atom stereocenters. The molecule has 19 heavy (non-hydrogen) atoms. The van der Waals surface area contributed by atoms with Crippen LogP contribution in [0, 0.1) is 12.3 Å². The molecule has 0 aromatic carbocycles. The Kier molecular flexibility index (Phi) is 9.12. The van der Waals surface area contributed by atoms with Gasteiger partial charge < -0.3 is 19.9 Å². The van der Waals surface area contributed by atoms with Gasteiger partial charge in [0.25, 0.3) is 0 Å². The van der Waals surface area contributed by atoms with Crippen LogP contribution < -0.4 is 5.73 Å². The fourth-order valence-electron chi connectivity index (χ4n) is 1.68. The van der Waals surface area contributed by atoms with Crippen molar-refractivity contribution in [1.82, 2.24) is 0 Å². The van der Waals surface area contributed by atoms with Crippen molar-refractivity contribution in [1.29, 1.82) is 0 Å². The average molecular weight is 269 g/mol. The Morgan fingerprint density at radius 1 is 1.11 bits per heavy atom. The van der Waals surface area contributed by atoms with E-state index < -0.39 is 5.72 Å². The molecule has 1 unspecified atom stereocenters. The van der Waals surface area contributed by atoms with Crippen LogP contribution in [0.25, 0.3) is 0 Å². The quantitative estimate of drug-likeness (QED) is 0.263. The van der Waals surface area contributed by atoms with Gasteiger partial charge >= 0.3 is 0 Å². The Balaban J connectivity index is 3.75. The van der Waals surface area contributed by atoms with Gasteiger partial charge in [0.2, 0.25) is 0 Å². The van der Waals surface area contributed by atoms with E-state index >= 15 is 0 Å². The average Bonchev–Trinajstić information content (AvgIpc) is 2.27. The zero-order valence-corrected chi connectivity index (χ0v) is 12.8. The molecule has 0 amide bonds. The van der Waals surface area contributed by atoms with Gasteiger partial charge in [-0.05, 0) is 33.6 Å². The molecule has 0 aliphatic carbocycles. The molecule has 0 saturated carbocycles. The summed E-state index contributed by atoms with van der Waals surface area (Å²) >= 11 is 0. The van der Waals surface area contributed by atoms with Gasteiger partial charge in [0.15, 0.2) is 0 Å². The SMILES string of the molecule is BCCC(C)(N)OCCC(C)(C)OCCOCC#C. The molecule has 0 radical (unpaired) electrons. The van der Waals surface area contributed by atoms with E-state index in [-0.39, 0.29) is 5.60 Å². The third-order valence-electron chi connectivity index (χ3n) is 2.79. The molecule has 0 aromatic rings. The normalized spacial score (nSPS) is 14.9. The van der Waals surface area contributed by atoms with Crippen molar-refractivity contribution in [3.05, 3.63) is 0 Å². The van der Waals surface area contributed by atoms with Crippen LogP contribution in [0.1, 0.15) is 33.6 Å². The smallest absolute Gasteiger partial charge is 0.113 e. The zero-order chi connectivity index (χ0) is 14.8. The predicted octanol–water partition coefficient (Wildman–Crippen LogP) is 0.955. The molecule has 0 aliphatic heterocycles. The zero-order valence-electron chi connectivity index (χ0n) is 12.8. The summed E-state index contributed by atoms with van der Waals surface area (Å²) in [5.74, 6) is 2.42. The van der Waals surface area contributed by atoms with Crippen molar-refractivity contribution in [3.8, 4) is 12.3 Å². The summed E-state index contributed by atoms with van der Waals surface area (Å²) in [5, 5.41) is 0. The highest BCUT2D eigenvalue weighted by molar-refractivity contribution is 6.08. The molecular weight excluding hydrogens is 241 g/mol. The van der Waals surface area contributed by atoms with Crippen LogP contribution >= 0.6 is 0 Å². The minimum absolute atomic E-state index is 0.248. The fraction of sp³-hybridized carbons (Fsp3) is 0.857. The van der Waals surface area contributed by atoms with Crippen molar-refractivity contribution in [3.63, 3.8) is 0 Å². The molecule has 0 spiro atoms. The molecule has 0 heterocycles. The van der Waals surface area contributed by atoms with Crippen LogP contribution in [0.5, 0.6) is 0 Å². The summed E-state index contributed by atoms with van der Waals surface area (Å²) in [7, 11) is 2.09. The van der Waals surface area contributed by atoms with Gasteiger partial charge in [0.05, 0.1) is 25.4 Å². The van der Waals surface area contributed by atoms with Crippen LogP contribution in [0.3, 0.4) is 0 Å². The van der Waals surface area contributed by atoms with Crippen LogP contribution in [0.15, 0.2) is 0 Å². The number of ether oxygens (including phenoxy) is 3. The Hall–Kier alpha value is -0.535. The number of rotatable bonds is 11. The van der Waals surface area contributed by atoms with Crippen LogP contribution in [-0.2, 0) is 14.2 Å². The van der Waals surface area contributed by atoms with Crippen molar-refractivity contribution in [2.24, 2.45) is 5.73 Å². The van der Waals surface area contributed by atoms with E-state index in [1.165, 1.54) is 0 Å². The molecule has 4 nitrogen and oxygen atoms in total. The minimum atomic E-state index is -0.541. The lowest BCUT2D eigenvalue weighted by Gasteiger charge is -2.29. The van der Waals surface area contributed by atoms with Gasteiger partial charge in [-0.1, -0.05) is 12.2 Å². The summed E-state index contributed by atoms with van der Waals surface area (Å²) in [5.41, 5.74) is 5.22. The number of hydrogen-bond acceptors (Lipinski definition) is 4. The molecule has 0 aliphatic rings. The topological polar surface area (TPSA) is 53.7 Å². The highest BCUT2D eigenvalue weighted by atomic mass is 16.5. The van der Waals surface area contributed by atoms with Gasteiger partial charge in [0, 0.05) is 0 Å². The first kappa shape index (κ1) is 18.5. The second-order valence-corrected chi connectivity index (χ2v) is 5.53. The molecule has 0 aromatic heterocycles. The molecule has 110 valence electrons. The summed E-state index contributed by atoms with van der Waals surface area (Å²) < 4.78 is 16.6. The first-order chi connectivity index (χ1) is 8.83. The molecule has 0 saturated heterocycles. The molecule has 0 rings (SSSR count). The van der Waals surface area contributed by atoms with Crippen molar-refractivity contribution >= 4 is 7.85 Å². The summed E-state index contributed by atoms with van der Waals surface area (Å²) in [6, 6.07) is 0. The highest BCUT2D eigenvalue weighted by Crippen LogP contribution is 2.17. The molecule has 0 bridgehead atoms. The van der Waals surface area contributed by atoms with Crippen LogP contribution in [-0.4, -0.2) is 45.6 Å². The van der Waals surface area contributed by atoms with Gasteiger partial charge in [0.1, 0.15) is 20.2 Å². The van der Waals surface area contributed by atoms with Crippen LogP contribution in [0.2, 0.25) is 6.32 Å².